The second kappa shape index (κ2) is 5.28. The first-order valence-electron chi connectivity index (χ1n) is 4.64. The summed E-state index contributed by atoms with van der Waals surface area (Å²) >= 11 is 5.57. The molecule has 0 aliphatic heterocycles. The first-order valence-corrected chi connectivity index (χ1v) is 6.83. The Hall–Kier alpha value is -1.12. The van der Waals surface area contributed by atoms with Gasteiger partial charge in [-0.2, -0.15) is 5.26 Å². The van der Waals surface area contributed by atoms with E-state index in [0.29, 0.717) is 0 Å². The van der Waals surface area contributed by atoms with Crippen LogP contribution in [0.4, 0.5) is 0 Å². The average Bonchev–Trinajstić information content (AvgIpc) is 2.28. The van der Waals surface area contributed by atoms with Gasteiger partial charge in [0.15, 0.2) is 14.9 Å². The molecule has 0 radical (unpaired) electrons. The zero-order valence-electron chi connectivity index (χ0n) is 8.72. The molecular formula is C10H11ClN2O2S. The Labute approximate surface area is 99.8 Å². The van der Waals surface area contributed by atoms with Crippen LogP contribution in [0.5, 0.6) is 0 Å². The molecule has 1 aromatic heterocycles. The third-order valence-corrected chi connectivity index (χ3v) is 4.35. The van der Waals surface area contributed by atoms with Crippen molar-refractivity contribution in [1.29, 1.82) is 5.26 Å². The van der Waals surface area contributed by atoms with Gasteiger partial charge < -0.3 is 0 Å². The van der Waals surface area contributed by atoms with Gasteiger partial charge in [-0.15, -0.1) is 11.6 Å². The van der Waals surface area contributed by atoms with Crippen LogP contribution in [0.1, 0.15) is 12.5 Å². The van der Waals surface area contributed by atoms with Crippen LogP contribution in [-0.2, 0) is 9.84 Å². The standard InChI is InChI=1S/C10H11ClN2O2S/c1-8(5-11)7-16(14,15)10-4-9(6-12)2-3-13-10/h2-4,8H,5,7H2,1H3. The number of nitriles is 1. The van der Waals surface area contributed by atoms with Gasteiger partial charge in [-0.05, 0) is 18.1 Å². The molecule has 0 aliphatic carbocycles. The molecule has 1 heterocycles. The van der Waals surface area contributed by atoms with Crippen molar-refractivity contribution in [3.8, 4) is 6.07 Å². The third kappa shape index (κ3) is 3.19. The molecule has 0 saturated carbocycles. The van der Waals surface area contributed by atoms with Gasteiger partial charge in [0.2, 0.25) is 0 Å². The fourth-order valence-electron chi connectivity index (χ4n) is 1.15. The number of aromatic nitrogens is 1. The molecule has 4 nitrogen and oxygen atoms in total. The fourth-order valence-corrected chi connectivity index (χ4v) is 2.96. The Kier molecular flexibility index (Phi) is 4.27. The molecule has 0 amide bonds. The third-order valence-electron chi connectivity index (χ3n) is 1.95. The number of pyridine rings is 1. The summed E-state index contributed by atoms with van der Waals surface area (Å²) in [4.78, 5) is 3.76. The topological polar surface area (TPSA) is 70.8 Å². The summed E-state index contributed by atoms with van der Waals surface area (Å²) < 4.78 is 23.7. The van der Waals surface area contributed by atoms with Crippen LogP contribution in [0, 0.1) is 17.2 Å². The summed E-state index contributed by atoms with van der Waals surface area (Å²) in [5.41, 5.74) is 0.284. The van der Waals surface area contributed by atoms with Crippen molar-refractivity contribution >= 4 is 21.4 Å². The summed E-state index contributed by atoms with van der Waals surface area (Å²) in [7, 11) is -3.45. The lowest BCUT2D eigenvalue weighted by Crippen LogP contribution is -2.16. The molecule has 6 heteroatoms. The van der Waals surface area contributed by atoms with Crippen LogP contribution >= 0.6 is 11.6 Å². The molecule has 0 aliphatic rings. The first kappa shape index (κ1) is 12.9. The fraction of sp³-hybridized carbons (Fsp3) is 0.400. The van der Waals surface area contributed by atoms with E-state index in [-0.39, 0.29) is 28.1 Å². The number of halogens is 1. The van der Waals surface area contributed by atoms with Crippen molar-refractivity contribution in [2.24, 2.45) is 5.92 Å². The lowest BCUT2D eigenvalue weighted by Gasteiger charge is -2.07. The largest absolute Gasteiger partial charge is 0.245 e. The van der Waals surface area contributed by atoms with E-state index in [1.54, 1.807) is 6.92 Å². The molecule has 16 heavy (non-hydrogen) atoms. The summed E-state index contributed by atoms with van der Waals surface area (Å²) in [6.45, 7) is 1.75. The predicted molar refractivity (Wildman–Crippen MR) is 60.9 cm³/mol. The van der Waals surface area contributed by atoms with Crippen molar-refractivity contribution in [3.63, 3.8) is 0 Å². The molecule has 1 rings (SSSR count). The Balaban J connectivity index is 3.04. The van der Waals surface area contributed by atoms with E-state index in [2.05, 4.69) is 4.98 Å². The summed E-state index contributed by atoms with van der Waals surface area (Å²) in [5.74, 6) is 0.0782. The Bertz CT molecular complexity index is 508. The minimum atomic E-state index is -3.45. The maximum absolute atomic E-state index is 11.8. The van der Waals surface area contributed by atoms with Gasteiger partial charge in [0, 0.05) is 12.1 Å². The van der Waals surface area contributed by atoms with Crippen LogP contribution in [0.25, 0.3) is 0 Å². The highest BCUT2D eigenvalue weighted by Crippen LogP contribution is 2.13. The van der Waals surface area contributed by atoms with E-state index in [4.69, 9.17) is 16.9 Å². The molecule has 0 spiro atoms. The van der Waals surface area contributed by atoms with Gasteiger partial charge in [-0.1, -0.05) is 6.92 Å². The van der Waals surface area contributed by atoms with Crippen LogP contribution in [0.2, 0.25) is 0 Å². The summed E-state index contributed by atoms with van der Waals surface area (Å²) in [6, 6.07) is 4.61. The zero-order valence-corrected chi connectivity index (χ0v) is 10.3. The molecule has 0 aromatic carbocycles. The number of hydrogen-bond acceptors (Lipinski definition) is 4. The monoisotopic (exact) mass is 258 g/mol. The maximum atomic E-state index is 11.8. The molecule has 0 saturated heterocycles. The Morgan fingerprint density at radius 1 is 1.62 bits per heavy atom. The number of nitrogens with zero attached hydrogens (tertiary/aromatic N) is 2. The van der Waals surface area contributed by atoms with Gasteiger partial charge in [0.05, 0.1) is 17.4 Å². The van der Waals surface area contributed by atoms with Crippen molar-refractivity contribution < 1.29 is 8.42 Å². The van der Waals surface area contributed by atoms with E-state index < -0.39 is 9.84 Å². The van der Waals surface area contributed by atoms with Crippen molar-refractivity contribution in [3.05, 3.63) is 23.9 Å². The molecule has 0 fully saturated rings. The van der Waals surface area contributed by atoms with E-state index in [1.165, 1.54) is 18.3 Å². The van der Waals surface area contributed by atoms with E-state index in [0.717, 1.165) is 0 Å². The number of hydrogen-bond donors (Lipinski definition) is 0. The smallest absolute Gasteiger partial charge is 0.195 e. The van der Waals surface area contributed by atoms with Crippen molar-refractivity contribution in [1.82, 2.24) is 4.98 Å². The first-order chi connectivity index (χ1) is 7.49. The van der Waals surface area contributed by atoms with E-state index in [9.17, 15) is 8.42 Å². The number of rotatable bonds is 4. The Morgan fingerprint density at radius 3 is 2.88 bits per heavy atom. The van der Waals surface area contributed by atoms with Gasteiger partial charge in [0.1, 0.15) is 0 Å². The van der Waals surface area contributed by atoms with Gasteiger partial charge >= 0.3 is 0 Å². The highest BCUT2D eigenvalue weighted by molar-refractivity contribution is 7.91. The molecule has 86 valence electrons. The average molecular weight is 259 g/mol. The van der Waals surface area contributed by atoms with Gasteiger partial charge in [0.25, 0.3) is 0 Å². The van der Waals surface area contributed by atoms with Crippen LogP contribution in [0.15, 0.2) is 23.4 Å². The van der Waals surface area contributed by atoms with Crippen LogP contribution in [0.3, 0.4) is 0 Å². The van der Waals surface area contributed by atoms with Crippen molar-refractivity contribution in [2.45, 2.75) is 11.9 Å². The highest BCUT2D eigenvalue weighted by atomic mass is 35.5. The van der Waals surface area contributed by atoms with Crippen LogP contribution in [-0.4, -0.2) is 25.0 Å². The minimum absolute atomic E-state index is 0.0572. The zero-order chi connectivity index (χ0) is 12.2. The SMILES string of the molecule is CC(CCl)CS(=O)(=O)c1cc(C#N)ccn1. The molecule has 0 bridgehead atoms. The highest BCUT2D eigenvalue weighted by Gasteiger charge is 2.19. The lowest BCUT2D eigenvalue weighted by atomic mass is 10.3. The molecule has 1 unspecified atom stereocenters. The van der Waals surface area contributed by atoms with E-state index >= 15 is 0 Å². The predicted octanol–water partition coefficient (Wildman–Crippen LogP) is 1.60. The van der Waals surface area contributed by atoms with Crippen LogP contribution < -0.4 is 0 Å². The van der Waals surface area contributed by atoms with Crippen molar-refractivity contribution in [2.75, 3.05) is 11.6 Å². The Morgan fingerprint density at radius 2 is 2.31 bits per heavy atom. The number of sulfone groups is 1. The summed E-state index contributed by atoms with van der Waals surface area (Å²) in [5, 5.41) is 8.60. The quantitative estimate of drug-likeness (QED) is 0.769. The maximum Gasteiger partial charge on any atom is 0.195 e. The van der Waals surface area contributed by atoms with E-state index in [1.807, 2.05) is 6.07 Å². The minimum Gasteiger partial charge on any atom is -0.245 e. The summed E-state index contributed by atoms with van der Waals surface area (Å²) in [6.07, 6.45) is 1.32. The molecule has 0 N–H and O–H groups in total. The second-order valence-corrected chi connectivity index (χ2v) is 5.83. The normalized spacial score (nSPS) is 13.1. The van der Waals surface area contributed by atoms with Gasteiger partial charge in [-0.25, -0.2) is 13.4 Å². The second-order valence-electron chi connectivity index (χ2n) is 3.54. The van der Waals surface area contributed by atoms with Gasteiger partial charge in [-0.3, -0.25) is 0 Å². The molecule has 1 atom stereocenters. The molecular weight excluding hydrogens is 248 g/mol. The number of alkyl halides is 1. The lowest BCUT2D eigenvalue weighted by molar-refractivity contribution is 0.579. The molecule has 1 aromatic rings.